The third-order valence-corrected chi connectivity index (χ3v) is 14.6. The number of aliphatic hydroxyl groups is 1. The lowest BCUT2D eigenvalue weighted by molar-refractivity contribution is -0.161. The molecule has 0 aromatic carbocycles. The van der Waals surface area contributed by atoms with Gasteiger partial charge >= 0.3 is 11.9 Å². The summed E-state index contributed by atoms with van der Waals surface area (Å²) in [5.74, 6) is -0.583. The lowest BCUT2D eigenvalue weighted by Crippen LogP contribution is -2.28. The summed E-state index contributed by atoms with van der Waals surface area (Å²) in [4.78, 5) is 24.6. The summed E-state index contributed by atoms with van der Waals surface area (Å²) in [7, 11) is 0. The maximum atomic E-state index is 12.3. The summed E-state index contributed by atoms with van der Waals surface area (Å²) in [5, 5.41) is 9.67. The van der Waals surface area contributed by atoms with Gasteiger partial charge in [0.15, 0.2) is 6.10 Å². The summed E-state index contributed by atoms with van der Waals surface area (Å²) in [6, 6.07) is 0. The van der Waals surface area contributed by atoms with Gasteiger partial charge in [-0.3, -0.25) is 9.59 Å². The lowest BCUT2D eigenvalue weighted by atomic mass is 10.0. The van der Waals surface area contributed by atoms with Gasteiger partial charge in [0.05, 0.1) is 6.61 Å². The normalized spacial score (nSPS) is 12.4. The highest BCUT2D eigenvalue weighted by Gasteiger charge is 2.16. The van der Waals surface area contributed by atoms with Crippen LogP contribution >= 0.6 is 0 Å². The smallest absolute Gasteiger partial charge is 0.306 e. The standard InChI is InChI=1S/C67H124O5/c1-3-5-7-9-11-13-15-17-19-21-23-25-27-28-29-30-31-32-33-34-35-36-37-38-40-41-43-45-47-49-51-53-55-57-59-61-66(69)71-64-65(63-68)72-67(70)62-60-58-56-54-52-50-48-46-44-42-39-26-24-22-20-18-16-14-12-10-8-6-4-2/h16,18,21-24,39,42,65,68H,3-15,17,19-20,25-38,40-41,43-64H2,1-2H3/b18-16-,23-21-,24-22-,42-39-. The van der Waals surface area contributed by atoms with Crippen molar-refractivity contribution in [2.24, 2.45) is 0 Å². The van der Waals surface area contributed by atoms with E-state index in [1.807, 2.05) is 0 Å². The average Bonchev–Trinajstić information content (AvgIpc) is 3.38. The third kappa shape index (κ3) is 60.4. The van der Waals surface area contributed by atoms with Crippen molar-refractivity contribution >= 4 is 11.9 Å². The predicted octanol–water partition coefficient (Wildman–Crippen LogP) is 22.0. The van der Waals surface area contributed by atoms with E-state index >= 15 is 0 Å². The summed E-state index contributed by atoms with van der Waals surface area (Å²) < 4.78 is 10.7. The zero-order valence-corrected chi connectivity index (χ0v) is 48.5. The molecule has 1 unspecified atom stereocenters. The quantitative estimate of drug-likeness (QED) is 0.0373. The van der Waals surface area contributed by atoms with Crippen LogP contribution in [0.5, 0.6) is 0 Å². The van der Waals surface area contributed by atoms with Gasteiger partial charge in [-0.2, -0.15) is 0 Å². The van der Waals surface area contributed by atoms with Crippen LogP contribution in [-0.4, -0.2) is 36.4 Å². The van der Waals surface area contributed by atoms with Gasteiger partial charge < -0.3 is 14.6 Å². The second-order valence-electron chi connectivity index (χ2n) is 21.8. The van der Waals surface area contributed by atoms with Crippen LogP contribution in [-0.2, 0) is 19.1 Å². The number of aliphatic hydroxyl groups excluding tert-OH is 1. The second kappa shape index (κ2) is 63.2. The first kappa shape index (κ1) is 69.9. The van der Waals surface area contributed by atoms with Crippen LogP contribution in [0.15, 0.2) is 48.6 Å². The van der Waals surface area contributed by atoms with Crippen molar-refractivity contribution in [3.63, 3.8) is 0 Å². The van der Waals surface area contributed by atoms with Gasteiger partial charge in [-0.05, 0) is 77.0 Å². The Morgan fingerprint density at radius 3 is 0.847 bits per heavy atom. The number of hydrogen-bond acceptors (Lipinski definition) is 5. The number of hydrogen-bond donors (Lipinski definition) is 1. The topological polar surface area (TPSA) is 72.8 Å². The van der Waals surface area contributed by atoms with E-state index in [0.29, 0.717) is 12.8 Å². The van der Waals surface area contributed by atoms with E-state index in [1.165, 1.54) is 270 Å². The van der Waals surface area contributed by atoms with E-state index in [0.717, 1.165) is 51.4 Å². The van der Waals surface area contributed by atoms with Crippen molar-refractivity contribution in [3.8, 4) is 0 Å². The number of ether oxygens (including phenoxy) is 2. The van der Waals surface area contributed by atoms with E-state index in [2.05, 4.69) is 62.5 Å². The molecule has 0 fully saturated rings. The molecule has 0 spiro atoms. The van der Waals surface area contributed by atoms with E-state index < -0.39 is 6.10 Å². The first-order valence-corrected chi connectivity index (χ1v) is 32.2. The fourth-order valence-corrected chi connectivity index (χ4v) is 9.74. The fraction of sp³-hybridized carbons (Fsp3) is 0.851. The number of carbonyl (C=O) groups excluding carboxylic acids is 2. The van der Waals surface area contributed by atoms with Crippen molar-refractivity contribution in [3.05, 3.63) is 48.6 Å². The van der Waals surface area contributed by atoms with Crippen LogP contribution in [0.25, 0.3) is 0 Å². The first-order valence-electron chi connectivity index (χ1n) is 32.2. The largest absolute Gasteiger partial charge is 0.462 e. The minimum Gasteiger partial charge on any atom is -0.462 e. The van der Waals surface area contributed by atoms with E-state index in [1.54, 1.807) is 0 Å². The summed E-state index contributed by atoms with van der Waals surface area (Å²) in [6.45, 7) is 4.17. The van der Waals surface area contributed by atoms with Gasteiger partial charge in [0.2, 0.25) is 0 Å². The number of allylic oxidation sites excluding steroid dienone is 8. The highest BCUT2D eigenvalue weighted by Crippen LogP contribution is 2.18. The maximum Gasteiger partial charge on any atom is 0.306 e. The van der Waals surface area contributed by atoms with Crippen molar-refractivity contribution in [1.29, 1.82) is 0 Å². The average molecular weight is 1010 g/mol. The molecule has 5 nitrogen and oxygen atoms in total. The molecule has 0 aromatic heterocycles. The third-order valence-electron chi connectivity index (χ3n) is 14.6. The zero-order valence-electron chi connectivity index (χ0n) is 48.5. The lowest BCUT2D eigenvalue weighted by Gasteiger charge is -2.15. The van der Waals surface area contributed by atoms with Gasteiger partial charge in [0.1, 0.15) is 6.61 Å². The van der Waals surface area contributed by atoms with E-state index in [-0.39, 0.29) is 25.2 Å². The zero-order chi connectivity index (χ0) is 52.0. The van der Waals surface area contributed by atoms with Crippen molar-refractivity contribution in [2.75, 3.05) is 13.2 Å². The fourth-order valence-electron chi connectivity index (χ4n) is 9.74. The molecule has 0 radical (unpaired) electrons. The van der Waals surface area contributed by atoms with E-state index in [9.17, 15) is 14.7 Å². The minimum absolute atomic E-state index is 0.0658. The summed E-state index contributed by atoms with van der Waals surface area (Å²) >= 11 is 0. The molecule has 0 aliphatic rings. The molecule has 0 aliphatic carbocycles. The molecule has 0 heterocycles. The Hall–Kier alpha value is -2.14. The maximum absolute atomic E-state index is 12.3. The van der Waals surface area contributed by atoms with Crippen LogP contribution in [0.1, 0.15) is 348 Å². The molecule has 5 heteroatoms. The Balaban J connectivity index is 3.41. The van der Waals surface area contributed by atoms with Crippen molar-refractivity contribution in [2.45, 2.75) is 354 Å². The first-order chi connectivity index (χ1) is 35.6. The minimum atomic E-state index is -0.776. The number of rotatable bonds is 60. The Labute approximate surface area is 449 Å². The molecule has 0 rings (SSSR count). The molecule has 0 saturated heterocycles. The Morgan fingerprint density at radius 2 is 0.556 bits per heavy atom. The molecule has 72 heavy (non-hydrogen) atoms. The Bertz CT molecular complexity index is 1190. The van der Waals surface area contributed by atoms with Gasteiger partial charge in [-0.1, -0.05) is 306 Å². The van der Waals surface area contributed by atoms with Crippen LogP contribution in [0.2, 0.25) is 0 Å². The van der Waals surface area contributed by atoms with Crippen LogP contribution < -0.4 is 0 Å². The number of carbonyl (C=O) groups is 2. The molecule has 0 aliphatic heterocycles. The van der Waals surface area contributed by atoms with Gasteiger partial charge in [0, 0.05) is 12.8 Å². The molecule has 0 saturated carbocycles. The Kier molecular flexibility index (Phi) is 61.3. The number of esters is 2. The van der Waals surface area contributed by atoms with Crippen LogP contribution in [0.4, 0.5) is 0 Å². The summed E-state index contributed by atoms with van der Waals surface area (Å²) in [6.07, 6.45) is 84.1. The van der Waals surface area contributed by atoms with E-state index in [4.69, 9.17) is 9.47 Å². The highest BCUT2D eigenvalue weighted by atomic mass is 16.6. The molecule has 422 valence electrons. The molecular formula is C67H124O5. The van der Waals surface area contributed by atoms with Crippen LogP contribution in [0.3, 0.4) is 0 Å². The number of unbranched alkanes of at least 4 members (excludes halogenated alkanes) is 44. The molecule has 1 atom stereocenters. The van der Waals surface area contributed by atoms with Gasteiger partial charge in [-0.15, -0.1) is 0 Å². The molecular weight excluding hydrogens is 885 g/mol. The van der Waals surface area contributed by atoms with Crippen molar-refractivity contribution in [1.82, 2.24) is 0 Å². The van der Waals surface area contributed by atoms with Crippen molar-refractivity contribution < 1.29 is 24.2 Å². The van der Waals surface area contributed by atoms with Gasteiger partial charge in [-0.25, -0.2) is 0 Å². The van der Waals surface area contributed by atoms with Crippen LogP contribution in [0, 0.1) is 0 Å². The second-order valence-corrected chi connectivity index (χ2v) is 21.8. The molecule has 1 N–H and O–H groups in total. The van der Waals surface area contributed by atoms with Gasteiger partial charge in [0.25, 0.3) is 0 Å². The molecule has 0 aromatic rings. The monoisotopic (exact) mass is 1010 g/mol. The SMILES string of the molecule is CCCCCCC/C=C\C/C=C\C/C=C\CCCCCCCCCCC(=O)OC(CO)COC(=O)CCCCCCCCCCCCCCCCCCCCCCCCC/C=C\CCCCCCCCCC. The summed E-state index contributed by atoms with van der Waals surface area (Å²) in [5.41, 5.74) is 0. The molecule has 0 bridgehead atoms. The Morgan fingerprint density at radius 1 is 0.319 bits per heavy atom. The highest BCUT2D eigenvalue weighted by molar-refractivity contribution is 5.70. The molecule has 0 amide bonds. The predicted molar refractivity (Wildman–Crippen MR) is 316 cm³/mol.